The summed E-state index contributed by atoms with van der Waals surface area (Å²) in [4.78, 5) is 17.1. The number of carbonyl (C=O) groups is 1. The molecule has 2 aliphatic rings. The number of ether oxygens (including phenoxy) is 1. The molecule has 1 amide bonds. The fraction of sp³-hybridized carbons (Fsp3) is 0.947. The van der Waals surface area contributed by atoms with Gasteiger partial charge in [0, 0.05) is 31.7 Å². The summed E-state index contributed by atoms with van der Waals surface area (Å²) >= 11 is 0. The molecule has 2 heterocycles. The second-order valence-corrected chi connectivity index (χ2v) is 8.88. The summed E-state index contributed by atoms with van der Waals surface area (Å²) in [7, 11) is 0. The summed E-state index contributed by atoms with van der Waals surface area (Å²) in [5.74, 6) is 0.760. The SMILES string of the molecule is CC(C)CN1CCC(N2CCC(NC(=O)OC(C)(C)C)CC2)CC1. The first-order valence-corrected chi connectivity index (χ1v) is 9.69. The molecule has 0 radical (unpaired) electrons. The van der Waals surface area contributed by atoms with Crippen LogP contribution in [0.1, 0.15) is 60.3 Å². The molecule has 0 unspecified atom stereocenters. The van der Waals surface area contributed by atoms with E-state index in [0.717, 1.165) is 37.9 Å². The van der Waals surface area contributed by atoms with Crippen LogP contribution in [0.15, 0.2) is 0 Å². The van der Waals surface area contributed by atoms with Gasteiger partial charge in [0.15, 0.2) is 0 Å². The van der Waals surface area contributed by atoms with Crippen molar-refractivity contribution in [1.82, 2.24) is 15.1 Å². The Morgan fingerprint density at radius 2 is 1.67 bits per heavy atom. The topological polar surface area (TPSA) is 44.8 Å². The molecule has 2 fully saturated rings. The first-order valence-electron chi connectivity index (χ1n) is 9.69. The Morgan fingerprint density at radius 3 is 2.17 bits per heavy atom. The van der Waals surface area contributed by atoms with E-state index in [4.69, 9.17) is 4.74 Å². The van der Waals surface area contributed by atoms with Gasteiger partial charge in [0.2, 0.25) is 0 Å². The Morgan fingerprint density at radius 1 is 1.08 bits per heavy atom. The number of alkyl carbamates (subject to hydrolysis) is 1. The molecular formula is C19H37N3O2. The van der Waals surface area contributed by atoms with Crippen molar-refractivity contribution in [3.05, 3.63) is 0 Å². The fourth-order valence-electron chi connectivity index (χ4n) is 3.87. The number of piperidine rings is 2. The van der Waals surface area contributed by atoms with E-state index in [1.165, 1.54) is 32.5 Å². The zero-order valence-electron chi connectivity index (χ0n) is 16.3. The lowest BCUT2D eigenvalue weighted by Crippen LogP contribution is -2.51. The van der Waals surface area contributed by atoms with Crippen molar-refractivity contribution in [3.8, 4) is 0 Å². The zero-order valence-corrected chi connectivity index (χ0v) is 16.3. The maximum Gasteiger partial charge on any atom is 0.407 e. The number of hydrogen-bond acceptors (Lipinski definition) is 4. The van der Waals surface area contributed by atoms with Gasteiger partial charge in [-0.1, -0.05) is 13.8 Å². The van der Waals surface area contributed by atoms with Gasteiger partial charge < -0.3 is 19.9 Å². The van der Waals surface area contributed by atoms with Crippen LogP contribution in [0, 0.1) is 5.92 Å². The van der Waals surface area contributed by atoms with Crippen molar-refractivity contribution in [2.75, 3.05) is 32.7 Å². The van der Waals surface area contributed by atoms with Gasteiger partial charge in [-0.2, -0.15) is 0 Å². The van der Waals surface area contributed by atoms with Gasteiger partial charge in [-0.3, -0.25) is 0 Å². The Bertz CT molecular complexity index is 390. The van der Waals surface area contributed by atoms with Crippen LogP contribution in [0.5, 0.6) is 0 Å². The van der Waals surface area contributed by atoms with E-state index in [9.17, 15) is 4.79 Å². The third-order valence-electron chi connectivity index (χ3n) is 4.95. The van der Waals surface area contributed by atoms with Crippen LogP contribution < -0.4 is 5.32 Å². The summed E-state index contributed by atoms with van der Waals surface area (Å²) in [6, 6.07) is 0.994. The lowest BCUT2D eigenvalue weighted by molar-refractivity contribution is 0.0441. The number of likely N-dealkylation sites (tertiary alicyclic amines) is 2. The van der Waals surface area contributed by atoms with Crippen molar-refractivity contribution in [2.45, 2.75) is 78.0 Å². The van der Waals surface area contributed by atoms with E-state index < -0.39 is 5.60 Å². The van der Waals surface area contributed by atoms with Crippen LogP contribution in [0.25, 0.3) is 0 Å². The van der Waals surface area contributed by atoms with Crippen LogP contribution in [-0.4, -0.2) is 66.3 Å². The molecular weight excluding hydrogens is 302 g/mol. The molecule has 0 aliphatic carbocycles. The minimum absolute atomic E-state index is 0.261. The fourth-order valence-corrected chi connectivity index (χ4v) is 3.87. The number of amides is 1. The van der Waals surface area contributed by atoms with Gasteiger partial charge >= 0.3 is 6.09 Å². The highest BCUT2D eigenvalue weighted by atomic mass is 16.6. The summed E-state index contributed by atoms with van der Waals surface area (Å²) in [5, 5.41) is 3.03. The van der Waals surface area contributed by atoms with Gasteiger partial charge in [-0.25, -0.2) is 4.79 Å². The number of rotatable bonds is 4. The van der Waals surface area contributed by atoms with Crippen LogP contribution in [0.3, 0.4) is 0 Å². The average Bonchev–Trinajstić information content (AvgIpc) is 2.46. The zero-order chi connectivity index (χ0) is 17.7. The number of nitrogens with one attached hydrogen (secondary N) is 1. The Hall–Kier alpha value is -0.810. The molecule has 2 aliphatic heterocycles. The first kappa shape index (κ1) is 19.5. The van der Waals surface area contributed by atoms with E-state index in [2.05, 4.69) is 29.0 Å². The number of hydrogen-bond donors (Lipinski definition) is 1. The number of nitrogens with zero attached hydrogens (tertiary/aromatic N) is 2. The summed E-state index contributed by atoms with van der Waals surface area (Å²) in [6.07, 6.45) is 4.37. The smallest absolute Gasteiger partial charge is 0.407 e. The van der Waals surface area contributed by atoms with Crippen molar-refractivity contribution in [2.24, 2.45) is 5.92 Å². The number of carbonyl (C=O) groups excluding carboxylic acids is 1. The summed E-state index contributed by atoms with van der Waals surface area (Å²) in [6.45, 7) is 16.2. The van der Waals surface area contributed by atoms with Crippen molar-refractivity contribution in [1.29, 1.82) is 0 Å². The van der Waals surface area contributed by atoms with Gasteiger partial charge in [0.25, 0.3) is 0 Å². The summed E-state index contributed by atoms with van der Waals surface area (Å²) < 4.78 is 5.36. The molecule has 2 rings (SSSR count). The van der Waals surface area contributed by atoms with Crippen LogP contribution >= 0.6 is 0 Å². The summed E-state index contributed by atoms with van der Waals surface area (Å²) in [5.41, 5.74) is -0.422. The molecule has 0 aromatic rings. The Kier molecular flexibility index (Phi) is 6.93. The molecule has 24 heavy (non-hydrogen) atoms. The lowest BCUT2D eigenvalue weighted by atomic mass is 9.97. The molecule has 1 N–H and O–H groups in total. The van der Waals surface area contributed by atoms with Crippen molar-refractivity contribution in [3.63, 3.8) is 0 Å². The minimum atomic E-state index is -0.422. The maximum absolute atomic E-state index is 11.9. The Balaban J connectivity index is 1.67. The molecule has 0 spiro atoms. The van der Waals surface area contributed by atoms with Crippen LogP contribution in [0.2, 0.25) is 0 Å². The van der Waals surface area contributed by atoms with E-state index in [0.29, 0.717) is 0 Å². The van der Waals surface area contributed by atoms with Crippen LogP contribution in [0.4, 0.5) is 4.79 Å². The monoisotopic (exact) mass is 339 g/mol. The van der Waals surface area contributed by atoms with Crippen LogP contribution in [-0.2, 0) is 4.74 Å². The van der Waals surface area contributed by atoms with Gasteiger partial charge in [-0.15, -0.1) is 0 Å². The second-order valence-electron chi connectivity index (χ2n) is 8.88. The van der Waals surface area contributed by atoms with E-state index >= 15 is 0 Å². The lowest BCUT2D eigenvalue weighted by Gasteiger charge is -2.42. The third kappa shape index (κ3) is 6.60. The molecule has 0 saturated carbocycles. The molecule has 0 aromatic heterocycles. The van der Waals surface area contributed by atoms with Crippen molar-refractivity contribution < 1.29 is 9.53 Å². The molecule has 5 nitrogen and oxygen atoms in total. The van der Waals surface area contributed by atoms with Gasteiger partial charge in [-0.05, 0) is 65.5 Å². The highest BCUT2D eigenvalue weighted by Crippen LogP contribution is 2.22. The highest BCUT2D eigenvalue weighted by molar-refractivity contribution is 5.68. The van der Waals surface area contributed by atoms with E-state index in [1.54, 1.807) is 0 Å². The highest BCUT2D eigenvalue weighted by Gasteiger charge is 2.29. The maximum atomic E-state index is 11.9. The second kappa shape index (κ2) is 8.52. The molecule has 5 heteroatoms. The van der Waals surface area contributed by atoms with E-state index in [1.807, 2.05) is 20.8 Å². The Labute approximate surface area is 148 Å². The molecule has 0 atom stereocenters. The quantitative estimate of drug-likeness (QED) is 0.855. The molecule has 140 valence electrons. The predicted molar refractivity (Wildman–Crippen MR) is 98.3 cm³/mol. The molecule has 0 bridgehead atoms. The van der Waals surface area contributed by atoms with Crippen molar-refractivity contribution >= 4 is 6.09 Å². The van der Waals surface area contributed by atoms with E-state index in [-0.39, 0.29) is 12.1 Å². The van der Waals surface area contributed by atoms with Gasteiger partial charge in [0.05, 0.1) is 0 Å². The average molecular weight is 340 g/mol. The minimum Gasteiger partial charge on any atom is -0.444 e. The van der Waals surface area contributed by atoms with Gasteiger partial charge in [0.1, 0.15) is 5.60 Å². The first-order chi connectivity index (χ1) is 11.2. The predicted octanol–water partition coefficient (Wildman–Crippen LogP) is 3.10. The normalized spacial score (nSPS) is 22.8. The molecule has 2 saturated heterocycles. The standard InChI is InChI=1S/C19H37N3O2/c1-15(2)14-21-10-8-17(9-11-21)22-12-6-16(7-13-22)20-18(23)24-19(3,4)5/h15-17H,6-14H2,1-5H3,(H,20,23). The third-order valence-corrected chi connectivity index (χ3v) is 4.95. The largest absolute Gasteiger partial charge is 0.444 e. The molecule has 0 aromatic carbocycles.